The molecule has 1 heterocycles. The summed E-state index contributed by atoms with van der Waals surface area (Å²) in [5, 5.41) is 31.1. The Bertz CT molecular complexity index is 1170. The predicted octanol–water partition coefficient (Wildman–Crippen LogP) is 2.50. The molecule has 7 heteroatoms. The van der Waals surface area contributed by atoms with Crippen LogP contribution in [0, 0.1) is 5.92 Å². The first-order valence-electron chi connectivity index (χ1n) is 10.8. The normalized spacial score (nSPS) is 29.4. The lowest BCUT2D eigenvalue weighted by Gasteiger charge is -2.36. The number of carbonyl (C=O) groups is 3. The SMILES string of the molecule is CC1CC(=O)c2c(ccc3c2C(=O)c2ccc([C@H]4C[C@@H](O)[C@H](O)[C@@H](C)O4)c(O)c2C3=O)C1. The number of Topliss-reactive ketones (excluding diaryl/α,β-unsaturated/α-hetero) is 1. The second-order valence-corrected chi connectivity index (χ2v) is 9.17. The van der Waals surface area contributed by atoms with Gasteiger partial charge in [0, 0.05) is 40.7 Å². The number of carbonyl (C=O) groups excluding carboxylic acids is 3. The average molecular weight is 436 g/mol. The molecule has 1 aliphatic heterocycles. The van der Waals surface area contributed by atoms with Crippen LogP contribution in [0.2, 0.25) is 0 Å². The van der Waals surface area contributed by atoms with E-state index in [1.807, 2.05) is 6.92 Å². The molecule has 3 aliphatic rings. The summed E-state index contributed by atoms with van der Waals surface area (Å²) >= 11 is 0. The quantitative estimate of drug-likeness (QED) is 0.536. The monoisotopic (exact) mass is 436 g/mol. The fourth-order valence-corrected chi connectivity index (χ4v) is 5.25. The van der Waals surface area contributed by atoms with E-state index in [2.05, 4.69) is 0 Å². The largest absolute Gasteiger partial charge is 0.507 e. The van der Waals surface area contributed by atoms with Gasteiger partial charge in [0.2, 0.25) is 0 Å². The predicted molar refractivity (Wildman–Crippen MR) is 113 cm³/mol. The zero-order valence-corrected chi connectivity index (χ0v) is 17.8. The van der Waals surface area contributed by atoms with E-state index >= 15 is 0 Å². The highest BCUT2D eigenvalue weighted by Gasteiger charge is 2.41. The maximum absolute atomic E-state index is 13.4. The van der Waals surface area contributed by atoms with Crippen LogP contribution in [0.3, 0.4) is 0 Å². The third kappa shape index (κ3) is 2.96. The Morgan fingerprint density at radius 1 is 0.875 bits per heavy atom. The summed E-state index contributed by atoms with van der Waals surface area (Å²) in [4.78, 5) is 39.6. The Labute approximate surface area is 184 Å². The van der Waals surface area contributed by atoms with Gasteiger partial charge in [0.05, 0.1) is 23.9 Å². The van der Waals surface area contributed by atoms with E-state index in [1.165, 1.54) is 12.1 Å². The van der Waals surface area contributed by atoms with Gasteiger partial charge in [-0.1, -0.05) is 19.1 Å². The smallest absolute Gasteiger partial charge is 0.198 e. The first-order valence-corrected chi connectivity index (χ1v) is 10.8. The van der Waals surface area contributed by atoms with Gasteiger partial charge in [-0.15, -0.1) is 0 Å². The van der Waals surface area contributed by atoms with Gasteiger partial charge in [0.15, 0.2) is 17.3 Å². The van der Waals surface area contributed by atoms with E-state index in [4.69, 9.17) is 4.74 Å². The van der Waals surface area contributed by atoms with Crippen molar-refractivity contribution in [3.05, 3.63) is 63.2 Å². The van der Waals surface area contributed by atoms with E-state index in [0.29, 0.717) is 18.4 Å². The van der Waals surface area contributed by atoms with Gasteiger partial charge < -0.3 is 20.1 Å². The first kappa shape index (κ1) is 21.0. The minimum absolute atomic E-state index is 0.0385. The van der Waals surface area contributed by atoms with Gasteiger partial charge in [-0.25, -0.2) is 0 Å². The Morgan fingerprint density at radius 3 is 2.25 bits per heavy atom. The van der Waals surface area contributed by atoms with Crippen LogP contribution in [0.25, 0.3) is 0 Å². The number of phenols is 1. The van der Waals surface area contributed by atoms with Crippen molar-refractivity contribution >= 4 is 17.3 Å². The van der Waals surface area contributed by atoms with Crippen molar-refractivity contribution in [1.82, 2.24) is 0 Å². The van der Waals surface area contributed by atoms with E-state index < -0.39 is 36.0 Å². The van der Waals surface area contributed by atoms with Crippen LogP contribution in [-0.4, -0.2) is 51.0 Å². The van der Waals surface area contributed by atoms with Crippen molar-refractivity contribution in [2.45, 2.75) is 57.5 Å². The van der Waals surface area contributed by atoms with Crippen molar-refractivity contribution in [3.8, 4) is 5.75 Å². The highest BCUT2D eigenvalue weighted by molar-refractivity contribution is 6.32. The number of aromatic hydroxyl groups is 1. The van der Waals surface area contributed by atoms with Crippen LogP contribution < -0.4 is 0 Å². The van der Waals surface area contributed by atoms with Gasteiger partial charge in [-0.2, -0.15) is 0 Å². The Hall–Kier alpha value is -2.87. The average Bonchev–Trinajstić information content (AvgIpc) is 2.74. The Morgan fingerprint density at radius 2 is 1.53 bits per heavy atom. The minimum atomic E-state index is -1.05. The lowest BCUT2D eigenvalue weighted by atomic mass is 9.74. The van der Waals surface area contributed by atoms with Gasteiger partial charge in [0.1, 0.15) is 11.9 Å². The van der Waals surface area contributed by atoms with E-state index in [-0.39, 0.29) is 51.7 Å². The fourth-order valence-electron chi connectivity index (χ4n) is 5.25. The number of ether oxygens (including phenoxy) is 1. The topological polar surface area (TPSA) is 121 Å². The Balaban J connectivity index is 1.62. The summed E-state index contributed by atoms with van der Waals surface area (Å²) < 4.78 is 5.75. The maximum atomic E-state index is 13.4. The van der Waals surface area contributed by atoms with Crippen LogP contribution in [0.5, 0.6) is 5.75 Å². The summed E-state index contributed by atoms with van der Waals surface area (Å²) in [7, 11) is 0. The molecule has 0 bridgehead atoms. The van der Waals surface area contributed by atoms with Crippen LogP contribution in [0.1, 0.15) is 86.1 Å². The third-order valence-corrected chi connectivity index (χ3v) is 6.88. The van der Waals surface area contributed by atoms with Crippen LogP contribution >= 0.6 is 0 Å². The summed E-state index contributed by atoms with van der Waals surface area (Å²) in [6, 6.07) is 6.26. The third-order valence-electron chi connectivity index (χ3n) is 6.88. The number of hydrogen-bond donors (Lipinski definition) is 3. The number of rotatable bonds is 1. The molecule has 0 radical (unpaired) electrons. The van der Waals surface area contributed by atoms with Gasteiger partial charge in [-0.05, 0) is 37.0 Å². The molecule has 0 aromatic heterocycles. The number of ketones is 3. The van der Waals surface area contributed by atoms with E-state index in [0.717, 1.165) is 5.56 Å². The molecule has 2 aromatic rings. The summed E-state index contributed by atoms with van der Waals surface area (Å²) in [6.07, 6.45) is -2.48. The molecule has 0 spiro atoms. The fraction of sp³-hybridized carbons (Fsp3) is 0.400. The maximum Gasteiger partial charge on any atom is 0.198 e. The molecule has 1 fully saturated rings. The molecular weight excluding hydrogens is 412 g/mol. The van der Waals surface area contributed by atoms with Crippen LogP contribution in [0.4, 0.5) is 0 Å². The number of fused-ring (bicyclic) bond motifs is 4. The highest BCUT2D eigenvalue weighted by atomic mass is 16.5. The van der Waals surface area contributed by atoms with Crippen molar-refractivity contribution in [2.24, 2.45) is 5.92 Å². The van der Waals surface area contributed by atoms with Crippen LogP contribution in [0.15, 0.2) is 24.3 Å². The number of aliphatic hydroxyl groups excluding tert-OH is 2. The zero-order chi connectivity index (χ0) is 22.9. The molecule has 5 atom stereocenters. The molecule has 0 saturated carbocycles. The number of phenolic OH excluding ortho intramolecular Hbond substituents is 1. The molecule has 2 aromatic carbocycles. The number of benzene rings is 2. The van der Waals surface area contributed by atoms with Gasteiger partial charge in [-0.3, -0.25) is 14.4 Å². The minimum Gasteiger partial charge on any atom is -0.507 e. The summed E-state index contributed by atoms with van der Waals surface area (Å²) in [5.41, 5.74) is 1.55. The number of hydrogen-bond acceptors (Lipinski definition) is 7. The molecule has 166 valence electrons. The molecule has 1 saturated heterocycles. The van der Waals surface area contributed by atoms with Crippen molar-refractivity contribution in [3.63, 3.8) is 0 Å². The molecule has 0 amide bonds. The molecule has 1 unspecified atom stereocenters. The van der Waals surface area contributed by atoms with Gasteiger partial charge >= 0.3 is 0 Å². The Kier molecular flexibility index (Phi) is 4.81. The van der Waals surface area contributed by atoms with E-state index in [1.54, 1.807) is 19.1 Å². The van der Waals surface area contributed by atoms with E-state index in [9.17, 15) is 29.7 Å². The first-order chi connectivity index (χ1) is 15.2. The van der Waals surface area contributed by atoms with Crippen molar-refractivity contribution in [2.75, 3.05) is 0 Å². The molecule has 5 rings (SSSR count). The lowest BCUT2D eigenvalue weighted by molar-refractivity contribution is -0.163. The lowest BCUT2D eigenvalue weighted by Crippen LogP contribution is -2.44. The number of aliphatic hydroxyl groups is 2. The van der Waals surface area contributed by atoms with Crippen molar-refractivity contribution < 1.29 is 34.4 Å². The highest BCUT2D eigenvalue weighted by Crippen LogP contribution is 2.43. The molecule has 32 heavy (non-hydrogen) atoms. The molecule has 7 nitrogen and oxygen atoms in total. The second-order valence-electron chi connectivity index (χ2n) is 9.17. The second kappa shape index (κ2) is 7.33. The van der Waals surface area contributed by atoms with Crippen molar-refractivity contribution in [1.29, 1.82) is 0 Å². The molecule has 2 aliphatic carbocycles. The molecular formula is C25H24O7. The van der Waals surface area contributed by atoms with Gasteiger partial charge in [0.25, 0.3) is 0 Å². The summed E-state index contributed by atoms with van der Waals surface area (Å²) in [5.74, 6) is -1.31. The van der Waals surface area contributed by atoms with Crippen LogP contribution in [-0.2, 0) is 11.2 Å². The summed E-state index contributed by atoms with van der Waals surface area (Å²) in [6.45, 7) is 3.59. The standard InChI is InChI=1S/C25H24O7/c1-10-7-12-3-4-14-20(19(12)16(26)8-10)24(30)15-6-5-13(23(29)21(15)25(14)31)18-9-17(27)22(28)11(2)32-18/h3-6,10-11,17-18,22,27-29H,7-9H2,1-2H3/t10?,11-,17-,18-,22-/m1/s1. The zero-order valence-electron chi connectivity index (χ0n) is 17.8. The molecule has 3 N–H and O–H groups in total.